The first kappa shape index (κ1) is 56.8. The number of nitrogens with zero attached hydrogens (tertiary/aromatic N) is 1. The molecule has 20 heteroatoms. The summed E-state index contributed by atoms with van der Waals surface area (Å²) in [7, 11) is 2.61. The maximum Gasteiger partial charge on any atom is 0.407 e. The van der Waals surface area contributed by atoms with Crippen LogP contribution in [0.1, 0.15) is 106 Å². The number of nitrogens with one attached hydrogen (secondary N) is 5. The molecule has 6 amide bonds. The number of rotatable bonds is 14. The summed E-state index contributed by atoms with van der Waals surface area (Å²) in [6.07, 6.45) is 0.505. The molecule has 1 heterocycles. The van der Waals surface area contributed by atoms with E-state index in [4.69, 9.17) is 34.2 Å². The third-order valence-electron chi connectivity index (χ3n) is 9.11. The maximum atomic E-state index is 13.9. The lowest BCUT2D eigenvalue weighted by atomic mass is 9.93. The minimum absolute atomic E-state index is 0.00138. The number of alkyl carbamates (subject to hydrolysis) is 3. The largest absolute Gasteiger partial charge is 0.491 e. The average Bonchev–Trinajstić information content (AvgIpc) is 3.21. The number of hydrogen-bond acceptors (Lipinski definition) is 14. The highest BCUT2D eigenvalue weighted by Crippen LogP contribution is 2.40. The van der Waals surface area contributed by atoms with E-state index in [1.165, 1.54) is 26.0 Å². The van der Waals surface area contributed by atoms with E-state index in [0.717, 1.165) is 12.8 Å². The summed E-state index contributed by atoms with van der Waals surface area (Å²) in [5.74, 6) is -1.98. The summed E-state index contributed by atoms with van der Waals surface area (Å²) in [6, 6.07) is 6.45. The zero-order chi connectivity index (χ0) is 50.7. The van der Waals surface area contributed by atoms with E-state index in [-0.39, 0.29) is 38.8 Å². The average molecular weight is 944 g/mol. The van der Waals surface area contributed by atoms with Crippen molar-refractivity contribution >= 4 is 42.0 Å². The normalized spacial score (nSPS) is 16.2. The Labute approximate surface area is 394 Å². The van der Waals surface area contributed by atoms with Gasteiger partial charge in [0, 0.05) is 31.1 Å². The molecule has 0 aromatic heterocycles. The van der Waals surface area contributed by atoms with Gasteiger partial charge in [0.25, 0.3) is 0 Å². The predicted octanol–water partition coefficient (Wildman–Crippen LogP) is 4.65. The van der Waals surface area contributed by atoms with Crippen LogP contribution in [0.4, 0.5) is 14.4 Å². The van der Waals surface area contributed by atoms with Gasteiger partial charge in [-0.2, -0.15) is 0 Å². The van der Waals surface area contributed by atoms with Crippen molar-refractivity contribution in [1.82, 2.24) is 31.5 Å². The van der Waals surface area contributed by atoms with Crippen molar-refractivity contribution in [2.24, 2.45) is 5.73 Å². The van der Waals surface area contributed by atoms with Gasteiger partial charge in [0.05, 0.1) is 26.7 Å². The van der Waals surface area contributed by atoms with Gasteiger partial charge in [-0.25, -0.2) is 19.2 Å². The van der Waals surface area contributed by atoms with Gasteiger partial charge in [-0.3, -0.25) is 14.4 Å². The van der Waals surface area contributed by atoms with Crippen molar-refractivity contribution in [2.75, 3.05) is 53.6 Å². The molecule has 3 rings (SSSR count). The summed E-state index contributed by atoms with van der Waals surface area (Å²) in [5.41, 5.74) is 5.70. The minimum atomic E-state index is -1.27. The van der Waals surface area contributed by atoms with Crippen LogP contribution in [0.3, 0.4) is 0 Å². The van der Waals surface area contributed by atoms with Gasteiger partial charge in [-0.05, 0) is 111 Å². The fourth-order valence-corrected chi connectivity index (χ4v) is 6.10. The second kappa shape index (κ2) is 26.1. The van der Waals surface area contributed by atoms with Gasteiger partial charge in [0.2, 0.25) is 17.7 Å². The predicted molar refractivity (Wildman–Crippen MR) is 250 cm³/mol. The zero-order valence-corrected chi connectivity index (χ0v) is 41.4. The Hall–Kier alpha value is -6.31. The summed E-state index contributed by atoms with van der Waals surface area (Å²) < 4.78 is 33.0. The number of unbranched alkanes of at least 4 members (excludes halogenated alkanes) is 1. The fraction of sp³-hybridized carbons (Fsp3) is 0.596. The number of benzene rings is 2. The summed E-state index contributed by atoms with van der Waals surface area (Å²) in [5, 5.41) is 13.3. The molecule has 374 valence electrons. The molecule has 3 atom stereocenters. The highest BCUT2D eigenvalue weighted by Gasteiger charge is 2.33. The number of amides is 6. The molecule has 0 saturated carbocycles. The molecular weight excluding hydrogens is 871 g/mol. The molecule has 0 spiro atoms. The Morgan fingerprint density at radius 1 is 0.716 bits per heavy atom. The number of ether oxygens (including phenoxy) is 6. The summed E-state index contributed by atoms with van der Waals surface area (Å²) in [4.78, 5) is 89.8. The van der Waals surface area contributed by atoms with Crippen LogP contribution in [-0.4, -0.2) is 129 Å². The third-order valence-corrected chi connectivity index (χ3v) is 9.11. The lowest BCUT2D eigenvalue weighted by Crippen LogP contribution is -2.53. The number of carbonyl (C=O) groups excluding carboxylic acids is 7. The lowest BCUT2D eigenvalue weighted by molar-refractivity contribution is -0.145. The van der Waals surface area contributed by atoms with Gasteiger partial charge in [0.1, 0.15) is 59.6 Å². The van der Waals surface area contributed by atoms with E-state index in [2.05, 4.69) is 33.5 Å². The quantitative estimate of drug-likeness (QED) is 0.0856. The van der Waals surface area contributed by atoms with Crippen LogP contribution in [0.25, 0.3) is 11.1 Å². The van der Waals surface area contributed by atoms with Crippen molar-refractivity contribution in [1.29, 1.82) is 0 Å². The van der Waals surface area contributed by atoms with Crippen LogP contribution in [0, 0.1) is 0 Å². The number of methoxy groups -OCH3 is 1. The molecule has 2 aromatic carbocycles. The van der Waals surface area contributed by atoms with E-state index in [1.54, 1.807) is 77.9 Å². The van der Waals surface area contributed by atoms with E-state index in [9.17, 15) is 33.6 Å². The second-order valence-corrected chi connectivity index (χ2v) is 18.6. The smallest absolute Gasteiger partial charge is 0.407 e. The Morgan fingerprint density at radius 2 is 1.19 bits per heavy atom. The van der Waals surface area contributed by atoms with Crippen LogP contribution in [0.2, 0.25) is 0 Å². The van der Waals surface area contributed by atoms with E-state index in [1.807, 2.05) is 20.8 Å². The van der Waals surface area contributed by atoms with Gasteiger partial charge >= 0.3 is 24.2 Å². The number of carbonyl (C=O) groups is 7. The SMILES string of the molecule is CCCCNC(=O)OC(C)(C)C.COC(=O)C1Cc2ccc(OCCNC(=O)OC(C)(C)C)c(c2)-c2cc(ccc2OCCNC(=O)OC(C)(C)C)C(N(C)C(=O)CN)C(=O)N[C@@H](C)C(=O)N1. The van der Waals surface area contributed by atoms with Crippen molar-refractivity contribution in [3.8, 4) is 22.6 Å². The molecule has 20 nitrogen and oxygen atoms in total. The second-order valence-electron chi connectivity index (χ2n) is 18.6. The van der Waals surface area contributed by atoms with Crippen LogP contribution in [-0.2, 0) is 44.5 Å². The van der Waals surface area contributed by atoms with Crippen molar-refractivity contribution in [3.63, 3.8) is 0 Å². The zero-order valence-electron chi connectivity index (χ0n) is 41.4. The maximum absolute atomic E-state index is 13.9. The lowest BCUT2D eigenvalue weighted by Gasteiger charge is -2.30. The molecule has 2 unspecified atom stereocenters. The fourth-order valence-electron chi connectivity index (χ4n) is 6.10. The van der Waals surface area contributed by atoms with Gasteiger partial charge in [-0.1, -0.05) is 25.5 Å². The number of esters is 1. The Bertz CT molecular complexity index is 2010. The molecule has 0 fully saturated rings. The highest BCUT2D eigenvalue weighted by molar-refractivity contribution is 5.94. The van der Waals surface area contributed by atoms with Crippen LogP contribution in [0.15, 0.2) is 36.4 Å². The van der Waals surface area contributed by atoms with E-state index >= 15 is 0 Å². The standard InChI is InChI=1S/C38H54N6O11.C9H19NO2/c1-22-32(46)43-27(34(48)51-9)19-23-10-12-28(52-16-14-40-35(49)54-37(2,3)4)25(18-23)26-20-24(31(33(47)42-22)44(8)30(45)21-39)11-13-29(26)53-17-15-41-36(50)55-38(5,6)7;1-5-6-7-10-8(11)12-9(2,3)4/h10-13,18,20,22,27,31H,14-17,19,21,39H2,1-9H3,(H,40,49)(H,41,50)(H,42,47)(H,43,46);5-7H2,1-4H3,(H,10,11)/t22-,27?,31?;/m0./s1. The van der Waals surface area contributed by atoms with Gasteiger partial charge in [0.15, 0.2) is 0 Å². The Morgan fingerprint density at radius 3 is 1.66 bits per heavy atom. The monoisotopic (exact) mass is 944 g/mol. The molecule has 2 aromatic rings. The van der Waals surface area contributed by atoms with Crippen LogP contribution in [0.5, 0.6) is 11.5 Å². The number of nitrogens with two attached hydrogens (primary N) is 1. The number of likely N-dealkylation sites (N-methyl/N-ethyl adjacent to an activating group) is 1. The molecule has 0 radical (unpaired) electrons. The Kier molecular flexibility index (Phi) is 22.2. The van der Waals surface area contributed by atoms with Gasteiger partial charge in [-0.15, -0.1) is 0 Å². The number of hydrogen-bond donors (Lipinski definition) is 6. The highest BCUT2D eigenvalue weighted by atomic mass is 16.6. The molecule has 67 heavy (non-hydrogen) atoms. The van der Waals surface area contributed by atoms with Crippen LogP contribution >= 0.6 is 0 Å². The minimum Gasteiger partial charge on any atom is -0.491 e. The van der Waals surface area contributed by atoms with E-state index in [0.29, 0.717) is 40.3 Å². The Balaban J connectivity index is 0.00000112. The molecule has 1 aliphatic rings. The van der Waals surface area contributed by atoms with Crippen LogP contribution < -0.4 is 41.8 Å². The first-order valence-electron chi connectivity index (χ1n) is 22.3. The molecular formula is C47H73N7O13. The topological polar surface area (TPSA) is 264 Å². The molecule has 0 aliphatic carbocycles. The first-order valence-corrected chi connectivity index (χ1v) is 22.3. The van der Waals surface area contributed by atoms with Crippen molar-refractivity contribution in [3.05, 3.63) is 47.5 Å². The molecule has 7 N–H and O–H groups in total. The molecule has 0 saturated heterocycles. The molecule has 4 bridgehead atoms. The first-order chi connectivity index (χ1) is 31.2. The summed E-state index contributed by atoms with van der Waals surface area (Å²) >= 11 is 0. The van der Waals surface area contributed by atoms with Crippen molar-refractivity contribution < 1.29 is 62.0 Å². The summed E-state index contributed by atoms with van der Waals surface area (Å²) in [6.45, 7) is 20.0. The van der Waals surface area contributed by atoms with E-state index < -0.39 is 77.4 Å². The molecule has 1 aliphatic heterocycles. The van der Waals surface area contributed by atoms with Crippen molar-refractivity contribution in [2.45, 2.75) is 130 Å². The third kappa shape index (κ3) is 20.8. The number of fused-ring (bicyclic) bond motifs is 5. The van der Waals surface area contributed by atoms with Gasteiger partial charge < -0.3 is 65.6 Å².